The van der Waals surface area contributed by atoms with Gasteiger partial charge in [-0.2, -0.15) is 0 Å². The average molecular weight is 338 g/mol. The number of hydrogen-bond acceptors (Lipinski definition) is 6. The summed E-state index contributed by atoms with van der Waals surface area (Å²) in [6, 6.07) is 14.4. The van der Waals surface area contributed by atoms with Crippen LogP contribution in [0.15, 0.2) is 53.1 Å². The molecule has 2 aromatic carbocycles. The maximum absolute atomic E-state index is 12.6. The summed E-state index contributed by atoms with van der Waals surface area (Å²) >= 11 is 0. The number of hydrogen-bond donors (Lipinski definition) is 1. The van der Waals surface area contributed by atoms with E-state index in [0.29, 0.717) is 23.9 Å². The zero-order valence-electron chi connectivity index (χ0n) is 14.0. The second-order valence-corrected chi connectivity index (χ2v) is 5.52. The molecule has 0 radical (unpaired) electrons. The van der Waals surface area contributed by atoms with Crippen LogP contribution in [0.1, 0.15) is 27.4 Å². The van der Waals surface area contributed by atoms with Crippen LogP contribution in [-0.2, 0) is 6.61 Å². The second-order valence-electron chi connectivity index (χ2n) is 5.52. The molecule has 0 aliphatic heterocycles. The van der Waals surface area contributed by atoms with E-state index in [2.05, 4.69) is 5.16 Å². The van der Waals surface area contributed by atoms with E-state index in [1.165, 1.54) is 7.11 Å². The minimum Gasteiger partial charge on any atom is -0.493 e. The molecule has 3 aromatic rings. The van der Waals surface area contributed by atoms with Gasteiger partial charge in [-0.25, -0.2) is 0 Å². The van der Waals surface area contributed by atoms with Gasteiger partial charge in [0.15, 0.2) is 17.2 Å². The van der Waals surface area contributed by atoms with E-state index in [1.807, 2.05) is 30.3 Å². The second kappa shape index (κ2) is 7.09. The molecule has 0 fully saturated rings. The third-order valence-electron chi connectivity index (χ3n) is 3.68. The largest absolute Gasteiger partial charge is 0.493 e. The number of carbonyl (C=O) groups excluding carboxylic acids is 1. The molecule has 1 aromatic heterocycles. The summed E-state index contributed by atoms with van der Waals surface area (Å²) in [6.07, 6.45) is 0. The first-order valence-corrected chi connectivity index (χ1v) is 7.70. The highest BCUT2D eigenvalue weighted by molar-refractivity contribution is 6.11. The fraction of sp³-hybridized carbons (Fsp3) is 0.158. The van der Waals surface area contributed by atoms with E-state index in [9.17, 15) is 4.79 Å². The lowest BCUT2D eigenvalue weighted by atomic mass is 10.0. The molecule has 6 nitrogen and oxygen atoms in total. The molecule has 0 atom stereocenters. The number of anilines is 1. The molecule has 0 amide bonds. The molecule has 0 saturated carbocycles. The Kier molecular flexibility index (Phi) is 4.70. The quantitative estimate of drug-likeness (QED) is 0.547. The fourth-order valence-corrected chi connectivity index (χ4v) is 2.39. The van der Waals surface area contributed by atoms with Gasteiger partial charge in [-0.05, 0) is 18.6 Å². The normalized spacial score (nSPS) is 10.5. The predicted octanol–water partition coefficient (Wildman–Crippen LogP) is 3.38. The van der Waals surface area contributed by atoms with Gasteiger partial charge in [-0.1, -0.05) is 35.5 Å². The van der Waals surface area contributed by atoms with Gasteiger partial charge in [-0.3, -0.25) is 4.79 Å². The van der Waals surface area contributed by atoms with Crippen molar-refractivity contribution in [2.24, 2.45) is 0 Å². The summed E-state index contributed by atoms with van der Waals surface area (Å²) in [5.41, 5.74) is 7.78. The third kappa shape index (κ3) is 3.63. The molecule has 0 spiro atoms. The van der Waals surface area contributed by atoms with E-state index in [0.717, 1.165) is 5.56 Å². The maximum atomic E-state index is 12.6. The van der Waals surface area contributed by atoms with Crippen LogP contribution in [0.5, 0.6) is 11.5 Å². The highest BCUT2D eigenvalue weighted by Gasteiger charge is 2.20. The molecule has 2 N–H and O–H groups in total. The Labute approximate surface area is 145 Å². The van der Waals surface area contributed by atoms with E-state index in [1.54, 1.807) is 25.1 Å². The number of nitrogens with two attached hydrogens (primary N) is 1. The van der Waals surface area contributed by atoms with Crippen molar-refractivity contribution >= 4 is 11.5 Å². The van der Waals surface area contributed by atoms with Crippen molar-refractivity contribution in [2.75, 3.05) is 12.8 Å². The number of nitrogen functional groups attached to an aromatic ring is 1. The Hall–Kier alpha value is -3.28. The summed E-state index contributed by atoms with van der Waals surface area (Å²) in [5, 5.41) is 3.75. The topological polar surface area (TPSA) is 87.6 Å². The first kappa shape index (κ1) is 16.6. The molecule has 0 bridgehead atoms. The van der Waals surface area contributed by atoms with Crippen molar-refractivity contribution in [3.05, 3.63) is 71.1 Å². The van der Waals surface area contributed by atoms with Crippen LogP contribution < -0.4 is 15.2 Å². The Balaban J connectivity index is 1.90. The Morgan fingerprint density at radius 2 is 1.92 bits per heavy atom. The molecule has 0 saturated heterocycles. The zero-order valence-corrected chi connectivity index (χ0v) is 14.0. The van der Waals surface area contributed by atoms with Crippen molar-refractivity contribution in [1.29, 1.82) is 0 Å². The van der Waals surface area contributed by atoms with Gasteiger partial charge in [0, 0.05) is 17.8 Å². The number of aromatic nitrogens is 1. The van der Waals surface area contributed by atoms with E-state index in [4.69, 9.17) is 19.7 Å². The van der Waals surface area contributed by atoms with Crippen molar-refractivity contribution in [1.82, 2.24) is 5.16 Å². The fourth-order valence-electron chi connectivity index (χ4n) is 2.39. The number of carbonyl (C=O) groups is 1. The molecule has 1 heterocycles. The minimum absolute atomic E-state index is 0.198. The monoisotopic (exact) mass is 338 g/mol. The van der Waals surface area contributed by atoms with E-state index < -0.39 is 0 Å². The lowest BCUT2D eigenvalue weighted by molar-refractivity contribution is 0.103. The van der Waals surface area contributed by atoms with Gasteiger partial charge in [-0.15, -0.1) is 0 Å². The summed E-state index contributed by atoms with van der Waals surface area (Å²) in [7, 11) is 1.52. The Morgan fingerprint density at radius 1 is 1.16 bits per heavy atom. The lowest BCUT2D eigenvalue weighted by Gasteiger charge is -2.13. The molecule has 0 aliphatic carbocycles. The van der Waals surface area contributed by atoms with Gasteiger partial charge >= 0.3 is 0 Å². The van der Waals surface area contributed by atoms with Gasteiger partial charge in [0.25, 0.3) is 0 Å². The SMILES string of the molecule is COc1cc(N)c(C(=O)c2cc(C)on2)cc1OCc1ccccc1. The third-order valence-corrected chi connectivity index (χ3v) is 3.68. The minimum atomic E-state index is -0.332. The van der Waals surface area contributed by atoms with Crippen LogP contribution in [-0.4, -0.2) is 18.0 Å². The van der Waals surface area contributed by atoms with Gasteiger partial charge in [0.1, 0.15) is 12.4 Å². The van der Waals surface area contributed by atoms with Gasteiger partial charge in [0.2, 0.25) is 5.78 Å². The number of benzene rings is 2. The van der Waals surface area contributed by atoms with Crippen LogP contribution in [0, 0.1) is 6.92 Å². The predicted molar refractivity (Wildman–Crippen MR) is 92.9 cm³/mol. The molecule has 6 heteroatoms. The van der Waals surface area contributed by atoms with Crippen molar-refractivity contribution < 1.29 is 18.8 Å². The number of methoxy groups -OCH3 is 1. The van der Waals surface area contributed by atoms with Crippen LogP contribution in [0.25, 0.3) is 0 Å². The summed E-state index contributed by atoms with van der Waals surface area (Å²) < 4.78 is 16.1. The maximum Gasteiger partial charge on any atom is 0.217 e. The molecule has 25 heavy (non-hydrogen) atoms. The van der Waals surface area contributed by atoms with Crippen LogP contribution >= 0.6 is 0 Å². The summed E-state index contributed by atoms with van der Waals surface area (Å²) in [4.78, 5) is 12.6. The molecule has 0 unspecified atom stereocenters. The smallest absolute Gasteiger partial charge is 0.217 e. The number of ketones is 1. The molecule has 128 valence electrons. The summed E-state index contributed by atoms with van der Waals surface area (Å²) in [5.74, 6) is 1.11. The van der Waals surface area contributed by atoms with Crippen molar-refractivity contribution in [3.63, 3.8) is 0 Å². The number of aryl methyl sites for hydroxylation is 1. The highest BCUT2D eigenvalue weighted by atomic mass is 16.5. The zero-order chi connectivity index (χ0) is 17.8. The molecule has 0 aliphatic rings. The standard InChI is InChI=1S/C19H18N2O4/c1-12-8-16(21-25-12)19(22)14-9-18(17(23-2)10-15(14)20)24-11-13-6-4-3-5-7-13/h3-10H,11,20H2,1-2H3. The highest BCUT2D eigenvalue weighted by Crippen LogP contribution is 2.33. The summed E-state index contributed by atoms with van der Waals surface area (Å²) in [6.45, 7) is 2.06. The molecular weight excluding hydrogens is 320 g/mol. The average Bonchev–Trinajstić information content (AvgIpc) is 3.07. The van der Waals surface area contributed by atoms with Crippen LogP contribution in [0.3, 0.4) is 0 Å². The molecular formula is C19H18N2O4. The molecule has 3 rings (SSSR count). The lowest BCUT2D eigenvalue weighted by Crippen LogP contribution is -2.08. The van der Waals surface area contributed by atoms with Gasteiger partial charge < -0.3 is 19.7 Å². The number of nitrogens with zero attached hydrogens (tertiary/aromatic N) is 1. The van der Waals surface area contributed by atoms with Gasteiger partial charge in [0.05, 0.1) is 12.7 Å². The first-order chi connectivity index (χ1) is 12.1. The number of ether oxygens (including phenoxy) is 2. The van der Waals surface area contributed by atoms with E-state index in [-0.39, 0.29) is 22.7 Å². The van der Waals surface area contributed by atoms with E-state index >= 15 is 0 Å². The first-order valence-electron chi connectivity index (χ1n) is 7.70. The van der Waals surface area contributed by atoms with Crippen LogP contribution in [0.2, 0.25) is 0 Å². The Morgan fingerprint density at radius 3 is 2.56 bits per heavy atom. The number of rotatable bonds is 6. The van der Waals surface area contributed by atoms with Crippen molar-refractivity contribution in [2.45, 2.75) is 13.5 Å². The van der Waals surface area contributed by atoms with Crippen LogP contribution in [0.4, 0.5) is 5.69 Å². The Bertz CT molecular complexity index is 888. The van der Waals surface area contributed by atoms with Crippen molar-refractivity contribution in [3.8, 4) is 11.5 Å².